The number of ether oxygens (including phenoxy) is 1. The van der Waals surface area contributed by atoms with Crippen LogP contribution >= 0.6 is 0 Å². The van der Waals surface area contributed by atoms with Crippen LogP contribution in [-0.2, 0) is 20.4 Å². The Labute approximate surface area is 243 Å². The molecular weight excluding hydrogens is 504 g/mol. The molecular formula is C37H39N2O2+. The molecule has 5 aliphatic heterocycles. The minimum Gasteiger partial charge on any atom is -0.369 e. The first-order valence-corrected chi connectivity index (χ1v) is 15.7. The number of benzene rings is 2. The predicted octanol–water partition coefficient (Wildman–Crippen LogP) is 6.77. The van der Waals surface area contributed by atoms with Gasteiger partial charge in [-0.1, -0.05) is 56.3 Å². The van der Waals surface area contributed by atoms with Crippen LogP contribution in [0.2, 0.25) is 0 Å². The molecule has 0 amide bonds. The van der Waals surface area contributed by atoms with Gasteiger partial charge in [0.25, 0.3) is 0 Å². The SMILES string of the molecule is CC1(C)C2=C3C=C4C(=O)C5C=C6C7=[N+](CC[C@H]6CC5O[C@H]4C[C@H]3CCN2c2ccccc21)c1ccccc1C7(C)C. The highest BCUT2D eigenvalue weighted by atomic mass is 16.5. The fraction of sp³-hybridized carbons (Fsp3) is 0.459. The smallest absolute Gasteiger partial charge is 0.209 e. The van der Waals surface area contributed by atoms with Gasteiger partial charge in [0.15, 0.2) is 11.5 Å². The van der Waals surface area contributed by atoms with Crippen molar-refractivity contribution in [3.63, 3.8) is 0 Å². The highest BCUT2D eigenvalue weighted by Gasteiger charge is 2.55. The van der Waals surface area contributed by atoms with Gasteiger partial charge in [-0.3, -0.25) is 4.79 Å². The molecule has 2 aliphatic carbocycles. The van der Waals surface area contributed by atoms with E-state index >= 15 is 0 Å². The Kier molecular flexibility index (Phi) is 4.74. The number of carbonyl (C=O) groups excluding carboxylic acids is 1. The molecule has 9 rings (SSSR count). The van der Waals surface area contributed by atoms with Crippen molar-refractivity contribution >= 4 is 22.9 Å². The molecule has 0 bridgehead atoms. The zero-order valence-corrected chi connectivity index (χ0v) is 24.6. The van der Waals surface area contributed by atoms with Gasteiger partial charge in [-0.2, -0.15) is 4.58 Å². The van der Waals surface area contributed by atoms with E-state index in [2.05, 4.69) is 97.9 Å². The molecule has 5 atom stereocenters. The highest BCUT2D eigenvalue weighted by Crippen LogP contribution is 2.55. The predicted molar refractivity (Wildman–Crippen MR) is 162 cm³/mol. The third-order valence-electron chi connectivity index (χ3n) is 11.6. The highest BCUT2D eigenvalue weighted by molar-refractivity contribution is 6.09. The van der Waals surface area contributed by atoms with Crippen LogP contribution in [0, 0.1) is 17.8 Å². The van der Waals surface area contributed by atoms with Crippen molar-refractivity contribution in [3.8, 4) is 0 Å². The maximum Gasteiger partial charge on any atom is 0.209 e. The molecule has 7 aliphatic rings. The zero-order chi connectivity index (χ0) is 27.8. The Morgan fingerprint density at radius 1 is 0.878 bits per heavy atom. The van der Waals surface area contributed by atoms with Gasteiger partial charge in [-0.15, -0.1) is 0 Å². The van der Waals surface area contributed by atoms with E-state index in [1.165, 1.54) is 45.1 Å². The van der Waals surface area contributed by atoms with Crippen LogP contribution < -0.4 is 4.90 Å². The van der Waals surface area contributed by atoms with E-state index in [0.29, 0.717) is 17.6 Å². The summed E-state index contributed by atoms with van der Waals surface area (Å²) in [6, 6.07) is 17.7. The van der Waals surface area contributed by atoms with Crippen molar-refractivity contribution in [1.29, 1.82) is 0 Å². The number of allylic oxidation sites excluding steroid dienone is 4. The molecule has 0 aromatic heterocycles. The molecule has 2 unspecified atom stereocenters. The van der Waals surface area contributed by atoms with Crippen LogP contribution in [0.25, 0.3) is 0 Å². The Morgan fingerprint density at radius 3 is 2.51 bits per heavy atom. The van der Waals surface area contributed by atoms with Gasteiger partial charge >= 0.3 is 0 Å². The van der Waals surface area contributed by atoms with E-state index in [-0.39, 0.29) is 29.0 Å². The number of ketones is 1. The number of hydrogen-bond donors (Lipinski definition) is 0. The minimum absolute atomic E-state index is 0.00101. The van der Waals surface area contributed by atoms with Crippen molar-refractivity contribution in [2.24, 2.45) is 17.8 Å². The summed E-state index contributed by atoms with van der Waals surface area (Å²) in [6.07, 6.45) is 8.71. The third-order valence-corrected chi connectivity index (χ3v) is 11.6. The van der Waals surface area contributed by atoms with Crippen LogP contribution in [0.3, 0.4) is 0 Å². The van der Waals surface area contributed by atoms with E-state index in [0.717, 1.165) is 44.3 Å². The van der Waals surface area contributed by atoms with Crippen molar-refractivity contribution < 1.29 is 14.1 Å². The van der Waals surface area contributed by atoms with Gasteiger partial charge in [-0.25, -0.2) is 0 Å². The summed E-state index contributed by atoms with van der Waals surface area (Å²) in [5, 5.41) is 0. The lowest BCUT2D eigenvalue weighted by molar-refractivity contribution is -0.444. The fourth-order valence-electron chi connectivity index (χ4n) is 9.82. The monoisotopic (exact) mass is 543 g/mol. The average molecular weight is 544 g/mol. The van der Waals surface area contributed by atoms with Gasteiger partial charge in [0.05, 0.1) is 23.5 Å². The molecule has 5 heterocycles. The molecule has 208 valence electrons. The molecule has 1 fully saturated rings. The molecule has 0 radical (unpaired) electrons. The topological polar surface area (TPSA) is 32.5 Å². The van der Waals surface area contributed by atoms with Gasteiger partial charge in [0, 0.05) is 52.5 Å². The van der Waals surface area contributed by atoms with E-state index in [9.17, 15) is 4.79 Å². The Morgan fingerprint density at radius 2 is 1.66 bits per heavy atom. The van der Waals surface area contributed by atoms with Crippen LogP contribution in [0.1, 0.15) is 64.5 Å². The summed E-state index contributed by atoms with van der Waals surface area (Å²) in [5.41, 5.74) is 11.9. The Bertz CT molecular complexity index is 1680. The summed E-state index contributed by atoms with van der Waals surface area (Å²) >= 11 is 0. The van der Waals surface area contributed by atoms with Gasteiger partial charge in [0.2, 0.25) is 5.69 Å². The number of anilines is 1. The van der Waals surface area contributed by atoms with Crippen molar-refractivity contribution in [2.75, 3.05) is 18.0 Å². The van der Waals surface area contributed by atoms with Crippen molar-refractivity contribution in [1.82, 2.24) is 0 Å². The molecule has 41 heavy (non-hydrogen) atoms. The molecule has 2 aromatic carbocycles. The molecule has 0 saturated carbocycles. The van der Waals surface area contributed by atoms with Gasteiger partial charge in [0.1, 0.15) is 6.54 Å². The summed E-state index contributed by atoms with van der Waals surface area (Å²) in [5.74, 6) is 1.04. The maximum atomic E-state index is 14.4. The number of rotatable bonds is 0. The molecule has 0 N–H and O–H groups in total. The van der Waals surface area contributed by atoms with Gasteiger partial charge < -0.3 is 9.64 Å². The van der Waals surface area contributed by atoms with Crippen molar-refractivity contribution in [2.45, 2.75) is 76.4 Å². The minimum atomic E-state index is -0.189. The van der Waals surface area contributed by atoms with Crippen LogP contribution in [0.4, 0.5) is 11.4 Å². The quantitative estimate of drug-likeness (QED) is 0.344. The molecule has 2 aromatic rings. The second-order valence-electron chi connectivity index (χ2n) is 14.5. The number of Topliss-reactive ketones (excluding diaryl/α,β-unsaturated/α-hetero) is 1. The lowest BCUT2D eigenvalue weighted by Gasteiger charge is -2.46. The summed E-state index contributed by atoms with van der Waals surface area (Å²) in [7, 11) is 0. The first-order chi connectivity index (χ1) is 19.7. The first kappa shape index (κ1) is 24.4. The van der Waals surface area contributed by atoms with E-state index < -0.39 is 0 Å². The number of hydrogen-bond acceptors (Lipinski definition) is 3. The molecule has 0 spiro atoms. The molecule has 4 heteroatoms. The van der Waals surface area contributed by atoms with Crippen molar-refractivity contribution in [3.05, 3.63) is 94.2 Å². The van der Waals surface area contributed by atoms with E-state index in [1.54, 1.807) is 0 Å². The molecule has 1 saturated heterocycles. The third kappa shape index (κ3) is 3.05. The second-order valence-corrected chi connectivity index (χ2v) is 14.5. The fourth-order valence-corrected chi connectivity index (χ4v) is 9.82. The zero-order valence-electron chi connectivity index (χ0n) is 24.6. The standard InChI is InChI=1S/C37H39N2O2/c1-36(2)27-9-5-7-11-29(27)38-15-13-21-17-31-25(19-23(21)34(36)38)33(40)26-20-24-22(18-32(26)41-31)14-16-39-30-12-8-6-10-28(30)37(3,4)35(24)39/h5-12,19-22,25,31-32H,13-18H2,1-4H3/q+1/t21-,22+,25?,31?,32-/m0/s1. The summed E-state index contributed by atoms with van der Waals surface area (Å²) in [6.45, 7) is 11.5. The maximum absolute atomic E-state index is 14.4. The van der Waals surface area contributed by atoms with E-state index in [4.69, 9.17) is 4.74 Å². The number of nitrogens with zero attached hydrogens (tertiary/aromatic N) is 2. The lowest BCUT2D eigenvalue weighted by atomic mass is 9.66. The normalized spacial score (nSPS) is 33.4. The number of fused-ring (bicyclic) bond motifs is 10. The van der Waals surface area contributed by atoms with Crippen LogP contribution in [0.5, 0.6) is 0 Å². The average Bonchev–Trinajstić information content (AvgIpc) is 3.36. The van der Waals surface area contributed by atoms with Crippen LogP contribution in [-0.4, -0.2) is 41.4 Å². The number of para-hydroxylation sites is 2. The molecule has 4 nitrogen and oxygen atoms in total. The van der Waals surface area contributed by atoms with Gasteiger partial charge in [-0.05, 0) is 68.2 Å². The Hall–Kier alpha value is -3.24. The van der Waals surface area contributed by atoms with Crippen LogP contribution in [0.15, 0.2) is 83.1 Å². The largest absolute Gasteiger partial charge is 0.369 e. The summed E-state index contributed by atoms with van der Waals surface area (Å²) < 4.78 is 9.46. The number of carbonyl (C=O) groups is 1. The van der Waals surface area contributed by atoms with E-state index in [1.807, 2.05) is 0 Å². The Balaban J connectivity index is 1.14. The lowest BCUT2D eigenvalue weighted by Crippen LogP contribution is -2.50. The second kappa shape index (κ2) is 7.98. The summed E-state index contributed by atoms with van der Waals surface area (Å²) in [4.78, 5) is 17.0. The first-order valence-electron chi connectivity index (χ1n) is 15.7.